The van der Waals surface area contributed by atoms with E-state index in [1.54, 1.807) is 15.9 Å². The molecule has 3 aliphatic rings. The molecule has 1 saturated carbocycles. The van der Waals surface area contributed by atoms with E-state index in [1.165, 1.54) is 0 Å². The second kappa shape index (κ2) is 7.59. The van der Waals surface area contributed by atoms with Crippen LogP contribution in [0.25, 0.3) is 11.1 Å². The Bertz CT molecular complexity index is 1000. The molecule has 2 aromatic carbocycles. The molecule has 30 heavy (non-hydrogen) atoms. The van der Waals surface area contributed by atoms with E-state index in [9.17, 15) is 14.4 Å². The summed E-state index contributed by atoms with van der Waals surface area (Å²) in [5.74, 6) is -0.162. The Morgan fingerprint density at radius 1 is 0.967 bits per heavy atom. The minimum absolute atomic E-state index is 0. The molecule has 6 nitrogen and oxygen atoms in total. The van der Waals surface area contributed by atoms with Gasteiger partial charge >= 0.3 is 0 Å². The number of hydrogen-bond acceptors (Lipinski definition) is 3. The van der Waals surface area contributed by atoms with Gasteiger partial charge in [0.25, 0.3) is 5.91 Å². The third-order valence-corrected chi connectivity index (χ3v) is 6.57. The van der Waals surface area contributed by atoms with Gasteiger partial charge in [-0.1, -0.05) is 49.2 Å². The number of carbonyl (C=O) groups is 3. The molecule has 2 heterocycles. The van der Waals surface area contributed by atoms with Crippen LogP contribution in [0.2, 0.25) is 0 Å². The van der Waals surface area contributed by atoms with Crippen LogP contribution in [0.5, 0.6) is 0 Å². The molecule has 3 amide bonds. The summed E-state index contributed by atoms with van der Waals surface area (Å²) in [5, 5.41) is 2.92. The first-order valence-corrected chi connectivity index (χ1v) is 10.7. The van der Waals surface area contributed by atoms with E-state index in [1.807, 2.05) is 42.5 Å². The average molecular weight is 405 g/mol. The molecule has 1 saturated heterocycles. The number of fused-ring (bicyclic) bond motifs is 2. The summed E-state index contributed by atoms with van der Waals surface area (Å²) in [6.07, 6.45) is 4.06. The SMILES string of the molecule is O=C1Nc2ccc(-c3ccccc3)cc2C(=O)N2CCN(C(=O)C3CCCC3)CC12.[HH]. The van der Waals surface area contributed by atoms with E-state index in [-0.39, 0.29) is 31.6 Å². The lowest BCUT2D eigenvalue weighted by molar-refractivity contribution is -0.139. The molecule has 1 unspecified atom stereocenters. The van der Waals surface area contributed by atoms with E-state index in [0.29, 0.717) is 24.3 Å². The van der Waals surface area contributed by atoms with Crippen LogP contribution < -0.4 is 5.32 Å². The predicted molar refractivity (Wildman–Crippen MR) is 116 cm³/mol. The Morgan fingerprint density at radius 2 is 1.73 bits per heavy atom. The average Bonchev–Trinajstić information content (AvgIpc) is 3.30. The van der Waals surface area contributed by atoms with Gasteiger partial charge in [0.1, 0.15) is 6.04 Å². The predicted octanol–water partition coefficient (Wildman–Crippen LogP) is 3.39. The minimum atomic E-state index is -0.649. The molecule has 0 aromatic heterocycles. The van der Waals surface area contributed by atoms with Crippen molar-refractivity contribution in [3.63, 3.8) is 0 Å². The van der Waals surface area contributed by atoms with E-state index in [4.69, 9.17) is 0 Å². The van der Waals surface area contributed by atoms with Gasteiger partial charge in [-0.3, -0.25) is 14.4 Å². The van der Waals surface area contributed by atoms with E-state index >= 15 is 0 Å². The molecule has 0 bridgehead atoms. The first kappa shape index (κ1) is 18.9. The van der Waals surface area contributed by atoms with E-state index < -0.39 is 6.04 Å². The largest absolute Gasteiger partial charge is 0.338 e. The van der Waals surface area contributed by atoms with Crippen molar-refractivity contribution in [2.45, 2.75) is 31.7 Å². The number of nitrogens with one attached hydrogen (secondary N) is 1. The first-order chi connectivity index (χ1) is 14.6. The highest BCUT2D eigenvalue weighted by molar-refractivity contribution is 6.10. The zero-order valence-electron chi connectivity index (χ0n) is 16.8. The van der Waals surface area contributed by atoms with Gasteiger partial charge in [0.15, 0.2) is 0 Å². The lowest BCUT2D eigenvalue weighted by Crippen LogP contribution is -2.60. The summed E-state index contributed by atoms with van der Waals surface area (Å²) in [6, 6.07) is 14.8. The van der Waals surface area contributed by atoms with Crippen molar-refractivity contribution >= 4 is 23.4 Å². The molecule has 0 radical (unpaired) electrons. The van der Waals surface area contributed by atoms with Gasteiger partial charge in [-0.25, -0.2) is 0 Å². The molecule has 6 heteroatoms. The molecule has 1 atom stereocenters. The highest BCUT2D eigenvalue weighted by Crippen LogP contribution is 2.31. The first-order valence-electron chi connectivity index (χ1n) is 10.7. The monoisotopic (exact) mass is 405 g/mol. The maximum atomic E-state index is 13.4. The third-order valence-electron chi connectivity index (χ3n) is 6.57. The zero-order valence-corrected chi connectivity index (χ0v) is 16.8. The number of hydrogen-bond donors (Lipinski definition) is 1. The van der Waals surface area contributed by atoms with Crippen molar-refractivity contribution < 1.29 is 15.8 Å². The van der Waals surface area contributed by atoms with Crippen LogP contribution >= 0.6 is 0 Å². The van der Waals surface area contributed by atoms with Crippen LogP contribution in [-0.4, -0.2) is 53.2 Å². The fourth-order valence-corrected chi connectivity index (χ4v) is 4.89. The molecule has 2 aromatic rings. The second-order valence-electron chi connectivity index (χ2n) is 8.40. The number of rotatable bonds is 2. The molecule has 1 N–H and O–H groups in total. The molecule has 156 valence electrons. The van der Waals surface area contributed by atoms with Crippen LogP contribution in [0.3, 0.4) is 0 Å². The smallest absolute Gasteiger partial charge is 0.256 e. The van der Waals surface area contributed by atoms with Gasteiger partial charge in [-0.15, -0.1) is 0 Å². The fourth-order valence-electron chi connectivity index (χ4n) is 4.89. The second-order valence-corrected chi connectivity index (χ2v) is 8.40. The van der Waals surface area contributed by atoms with Crippen LogP contribution in [-0.2, 0) is 9.59 Å². The maximum Gasteiger partial charge on any atom is 0.256 e. The van der Waals surface area contributed by atoms with E-state index in [2.05, 4.69) is 5.32 Å². The number of nitrogens with zero attached hydrogens (tertiary/aromatic N) is 2. The van der Waals surface area contributed by atoms with Gasteiger partial charge in [-0.05, 0) is 36.1 Å². The Labute approximate surface area is 177 Å². The lowest BCUT2D eigenvalue weighted by Gasteiger charge is -2.40. The number of benzene rings is 2. The summed E-state index contributed by atoms with van der Waals surface area (Å²) >= 11 is 0. The molecule has 2 aliphatic heterocycles. The number of carbonyl (C=O) groups excluding carboxylic acids is 3. The zero-order chi connectivity index (χ0) is 20.7. The highest BCUT2D eigenvalue weighted by atomic mass is 16.2. The van der Waals surface area contributed by atoms with Gasteiger partial charge in [0, 0.05) is 20.4 Å². The van der Waals surface area contributed by atoms with Crippen LogP contribution in [0.1, 0.15) is 37.5 Å². The standard InChI is InChI=1S/C24H25N3O3.H2/c28-22-21-15-26(23(29)17-8-4-5-9-17)12-13-27(21)24(30)19-14-18(10-11-20(19)25-22)16-6-2-1-3-7-16;/h1-3,6-7,10-11,14,17,21H,4-5,8-9,12-13,15H2,(H,25,28);1H. The summed E-state index contributed by atoms with van der Waals surface area (Å²) < 4.78 is 0. The molecule has 5 rings (SSSR count). The Kier molecular flexibility index (Phi) is 4.77. The van der Waals surface area contributed by atoms with Crippen LogP contribution in [0.4, 0.5) is 5.69 Å². The van der Waals surface area contributed by atoms with Crippen molar-refractivity contribution in [2.75, 3.05) is 25.0 Å². The molecule has 1 aliphatic carbocycles. The lowest BCUT2D eigenvalue weighted by atomic mass is 10.0. The Morgan fingerprint density at radius 3 is 2.50 bits per heavy atom. The number of amides is 3. The van der Waals surface area contributed by atoms with Gasteiger partial charge in [0.05, 0.1) is 17.8 Å². The van der Waals surface area contributed by atoms with Crippen molar-refractivity contribution in [1.29, 1.82) is 0 Å². The fraction of sp³-hybridized carbons (Fsp3) is 0.375. The van der Waals surface area contributed by atoms with Crippen molar-refractivity contribution in [2.24, 2.45) is 5.92 Å². The van der Waals surface area contributed by atoms with Crippen molar-refractivity contribution in [3.8, 4) is 11.1 Å². The van der Waals surface area contributed by atoms with Gasteiger partial charge in [0.2, 0.25) is 11.8 Å². The number of anilines is 1. The van der Waals surface area contributed by atoms with Crippen molar-refractivity contribution in [1.82, 2.24) is 9.80 Å². The van der Waals surface area contributed by atoms with Gasteiger partial charge < -0.3 is 15.1 Å². The van der Waals surface area contributed by atoms with Crippen LogP contribution in [0, 0.1) is 5.92 Å². The summed E-state index contributed by atoms with van der Waals surface area (Å²) in [4.78, 5) is 42.6. The topological polar surface area (TPSA) is 69.7 Å². The quantitative estimate of drug-likeness (QED) is 0.833. The summed E-state index contributed by atoms with van der Waals surface area (Å²) in [7, 11) is 0. The number of piperazine rings is 1. The minimum Gasteiger partial charge on any atom is -0.338 e. The molecule has 2 fully saturated rings. The van der Waals surface area contributed by atoms with Crippen LogP contribution in [0.15, 0.2) is 48.5 Å². The molecule has 0 spiro atoms. The van der Waals surface area contributed by atoms with E-state index in [0.717, 1.165) is 36.8 Å². The Balaban J connectivity index is 0.00000231. The summed E-state index contributed by atoms with van der Waals surface area (Å²) in [5.41, 5.74) is 2.99. The van der Waals surface area contributed by atoms with Gasteiger partial charge in [-0.2, -0.15) is 0 Å². The normalized spacial score (nSPS) is 21.7. The maximum absolute atomic E-state index is 13.4. The summed E-state index contributed by atoms with van der Waals surface area (Å²) in [6.45, 7) is 1.13. The van der Waals surface area contributed by atoms with Crippen molar-refractivity contribution in [3.05, 3.63) is 54.1 Å². The highest BCUT2D eigenvalue weighted by Gasteiger charge is 2.41. The molecular formula is C24H27N3O3. The third kappa shape index (κ3) is 3.26. The molecular weight excluding hydrogens is 378 g/mol. The Hall–Kier alpha value is -3.15.